The molecule has 70 valence electrons. The van der Waals surface area contributed by atoms with E-state index in [1.807, 2.05) is 13.0 Å². The maximum atomic E-state index is 10.9. The van der Waals surface area contributed by atoms with Gasteiger partial charge in [-0.2, -0.15) is 0 Å². The molecule has 0 spiro atoms. The zero-order valence-corrected chi connectivity index (χ0v) is 8.52. The van der Waals surface area contributed by atoms with E-state index in [1.165, 1.54) is 0 Å². The molecule has 12 heavy (non-hydrogen) atoms. The van der Waals surface area contributed by atoms with Gasteiger partial charge in [0.25, 0.3) is 0 Å². The first-order chi connectivity index (χ1) is 5.72. The van der Waals surface area contributed by atoms with Crippen LogP contribution in [0.5, 0.6) is 0 Å². The second kappa shape index (κ2) is 4.08. The van der Waals surface area contributed by atoms with Crippen LogP contribution in [0, 0.1) is 5.41 Å². The first-order valence-electron chi connectivity index (χ1n) is 4.30. The summed E-state index contributed by atoms with van der Waals surface area (Å²) in [6, 6.07) is 0. The minimum Gasteiger partial charge on any atom is -0.501 e. The number of hydrogen-bond acceptors (Lipinski definition) is 2. The van der Waals surface area contributed by atoms with E-state index in [0.29, 0.717) is 0 Å². The molecule has 1 rings (SSSR count). The number of rotatable bonds is 4. The quantitative estimate of drug-likeness (QED) is 0.628. The van der Waals surface area contributed by atoms with Gasteiger partial charge in [0.15, 0.2) is 0 Å². The van der Waals surface area contributed by atoms with E-state index < -0.39 is 10.8 Å². The Morgan fingerprint density at radius 3 is 2.67 bits per heavy atom. The van der Waals surface area contributed by atoms with Gasteiger partial charge < -0.3 is 4.74 Å². The van der Waals surface area contributed by atoms with Crippen molar-refractivity contribution in [1.82, 2.24) is 0 Å². The number of ether oxygens (including phenoxy) is 1. The topological polar surface area (TPSA) is 26.3 Å². The lowest BCUT2D eigenvalue weighted by Gasteiger charge is -2.39. The van der Waals surface area contributed by atoms with E-state index in [4.69, 9.17) is 4.74 Å². The van der Waals surface area contributed by atoms with Crippen LogP contribution >= 0.6 is 0 Å². The smallest absolute Gasteiger partial charge is 0.0946 e. The summed E-state index contributed by atoms with van der Waals surface area (Å²) < 4.78 is 16.3. The highest BCUT2D eigenvalue weighted by Crippen LogP contribution is 2.33. The van der Waals surface area contributed by atoms with Crippen LogP contribution in [0.3, 0.4) is 0 Å². The van der Waals surface area contributed by atoms with Crippen molar-refractivity contribution in [2.45, 2.75) is 20.3 Å². The van der Waals surface area contributed by atoms with E-state index in [-0.39, 0.29) is 5.41 Å². The Morgan fingerprint density at radius 1 is 1.58 bits per heavy atom. The summed E-state index contributed by atoms with van der Waals surface area (Å²) in [6.45, 7) is 4.78. The molecule has 3 heteroatoms. The predicted octanol–water partition coefficient (Wildman–Crippen LogP) is 1.70. The van der Waals surface area contributed by atoms with E-state index in [9.17, 15) is 4.21 Å². The molecule has 0 radical (unpaired) electrons. The van der Waals surface area contributed by atoms with Crippen molar-refractivity contribution in [3.63, 3.8) is 0 Å². The van der Waals surface area contributed by atoms with Crippen molar-refractivity contribution < 1.29 is 8.95 Å². The maximum absolute atomic E-state index is 10.9. The Morgan fingerprint density at radius 2 is 2.25 bits per heavy atom. The molecule has 1 saturated heterocycles. The second-order valence-electron chi connectivity index (χ2n) is 3.36. The lowest BCUT2D eigenvalue weighted by Crippen LogP contribution is -2.47. The van der Waals surface area contributed by atoms with Crippen LogP contribution in [0.2, 0.25) is 0 Å². The van der Waals surface area contributed by atoms with E-state index in [2.05, 4.69) is 6.92 Å². The highest BCUT2D eigenvalue weighted by atomic mass is 32.2. The Bertz CT molecular complexity index is 191. The molecule has 0 saturated carbocycles. The minimum absolute atomic E-state index is 0.213. The fourth-order valence-electron chi connectivity index (χ4n) is 1.35. The molecule has 1 fully saturated rings. The van der Waals surface area contributed by atoms with E-state index >= 15 is 0 Å². The third kappa shape index (κ3) is 2.09. The average molecular weight is 188 g/mol. The normalized spacial score (nSPS) is 35.0. The van der Waals surface area contributed by atoms with Gasteiger partial charge in [-0.3, -0.25) is 4.21 Å². The Hall–Kier alpha value is -0.310. The summed E-state index contributed by atoms with van der Waals surface area (Å²) in [5.41, 5.74) is 0.213. The zero-order valence-electron chi connectivity index (χ0n) is 7.71. The molecular weight excluding hydrogens is 172 g/mol. The SMILES string of the molecule is C/C=C/OCC1(CC)CS(=O)C1. The molecular formula is C9H16O2S. The van der Waals surface area contributed by atoms with Gasteiger partial charge in [-0.1, -0.05) is 13.0 Å². The highest BCUT2D eigenvalue weighted by Gasteiger charge is 2.41. The van der Waals surface area contributed by atoms with Crippen LogP contribution in [-0.4, -0.2) is 22.3 Å². The van der Waals surface area contributed by atoms with Gasteiger partial charge in [-0.05, 0) is 13.3 Å². The van der Waals surface area contributed by atoms with Crippen molar-refractivity contribution in [3.05, 3.63) is 12.3 Å². The van der Waals surface area contributed by atoms with Crippen LogP contribution in [0.1, 0.15) is 20.3 Å². The van der Waals surface area contributed by atoms with Crippen molar-refractivity contribution in [1.29, 1.82) is 0 Å². The van der Waals surface area contributed by atoms with Crippen LogP contribution in [0.4, 0.5) is 0 Å². The second-order valence-corrected chi connectivity index (χ2v) is 4.82. The average Bonchev–Trinajstić information content (AvgIpc) is 2.01. The van der Waals surface area contributed by atoms with Gasteiger partial charge in [0.2, 0.25) is 0 Å². The Balaban J connectivity index is 2.32. The molecule has 0 aromatic rings. The van der Waals surface area contributed by atoms with Crippen molar-refractivity contribution >= 4 is 10.8 Å². The van der Waals surface area contributed by atoms with E-state index in [1.54, 1.807) is 6.26 Å². The molecule has 1 aliphatic rings. The predicted molar refractivity (Wildman–Crippen MR) is 51.4 cm³/mol. The maximum Gasteiger partial charge on any atom is 0.0946 e. The molecule has 0 atom stereocenters. The van der Waals surface area contributed by atoms with Gasteiger partial charge in [-0.15, -0.1) is 0 Å². The fraction of sp³-hybridized carbons (Fsp3) is 0.778. The molecule has 2 nitrogen and oxygen atoms in total. The van der Waals surface area contributed by atoms with Gasteiger partial charge in [0.05, 0.1) is 12.9 Å². The largest absolute Gasteiger partial charge is 0.501 e. The summed E-state index contributed by atoms with van der Waals surface area (Å²) in [6.07, 6.45) is 4.65. The lowest BCUT2D eigenvalue weighted by atomic mass is 9.90. The standard InChI is InChI=1S/C9H16O2S/c1-3-5-11-6-9(4-2)7-12(10)8-9/h3,5H,4,6-8H2,1-2H3/b5-3+. The summed E-state index contributed by atoms with van der Waals surface area (Å²) in [5.74, 6) is 1.64. The summed E-state index contributed by atoms with van der Waals surface area (Å²) in [5, 5.41) is 0. The molecule has 0 aliphatic carbocycles. The van der Waals surface area contributed by atoms with Crippen molar-refractivity contribution in [2.75, 3.05) is 18.1 Å². The summed E-state index contributed by atoms with van der Waals surface area (Å²) in [4.78, 5) is 0. The first kappa shape index (κ1) is 9.78. The molecule has 0 amide bonds. The van der Waals surface area contributed by atoms with Gasteiger partial charge >= 0.3 is 0 Å². The third-order valence-corrected chi connectivity index (χ3v) is 4.17. The van der Waals surface area contributed by atoms with Gasteiger partial charge in [0.1, 0.15) is 0 Å². The molecule has 0 bridgehead atoms. The monoisotopic (exact) mass is 188 g/mol. The Kier molecular flexibility index (Phi) is 3.32. The third-order valence-electron chi connectivity index (χ3n) is 2.31. The molecule has 0 aromatic heterocycles. The van der Waals surface area contributed by atoms with Crippen molar-refractivity contribution in [2.24, 2.45) is 5.41 Å². The fourth-order valence-corrected chi connectivity index (χ4v) is 3.21. The molecule has 0 N–H and O–H groups in total. The van der Waals surface area contributed by atoms with E-state index in [0.717, 1.165) is 24.5 Å². The van der Waals surface area contributed by atoms with Gasteiger partial charge in [0, 0.05) is 27.7 Å². The van der Waals surface area contributed by atoms with Crippen LogP contribution < -0.4 is 0 Å². The van der Waals surface area contributed by atoms with Crippen LogP contribution in [-0.2, 0) is 15.5 Å². The molecule has 1 heterocycles. The lowest BCUT2D eigenvalue weighted by molar-refractivity contribution is 0.129. The number of allylic oxidation sites excluding steroid dienone is 1. The number of hydrogen-bond donors (Lipinski definition) is 0. The van der Waals surface area contributed by atoms with Crippen LogP contribution in [0.15, 0.2) is 12.3 Å². The van der Waals surface area contributed by atoms with Crippen molar-refractivity contribution in [3.8, 4) is 0 Å². The zero-order chi connectivity index (χ0) is 9.03. The minimum atomic E-state index is -0.571. The molecule has 1 aliphatic heterocycles. The molecule has 0 aromatic carbocycles. The Labute approximate surface area is 76.5 Å². The van der Waals surface area contributed by atoms with Crippen LogP contribution in [0.25, 0.3) is 0 Å². The molecule has 0 unspecified atom stereocenters. The summed E-state index contributed by atoms with van der Waals surface area (Å²) in [7, 11) is -0.571. The summed E-state index contributed by atoms with van der Waals surface area (Å²) >= 11 is 0. The first-order valence-corrected chi connectivity index (χ1v) is 5.79. The van der Waals surface area contributed by atoms with Gasteiger partial charge in [-0.25, -0.2) is 0 Å². The highest BCUT2D eigenvalue weighted by molar-refractivity contribution is 7.86.